The van der Waals surface area contributed by atoms with E-state index in [9.17, 15) is 9.59 Å². The van der Waals surface area contributed by atoms with Gasteiger partial charge in [-0.3, -0.25) is 4.79 Å². The lowest BCUT2D eigenvalue weighted by molar-refractivity contribution is -0.111. The van der Waals surface area contributed by atoms with Gasteiger partial charge in [0.1, 0.15) is 10.6 Å². The fraction of sp³-hybridized carbons (Fsp3) is 0.133. The van der Waals surface area contributed by atoms with Gasteiger partial charge < -0.3 is 10.4 Å². The normalized spacial score (nSPS) is 10.8. The molecule has 2 N–H and O–H groups in total. The molecule has 2 rings (SSSR count). The molecule has 21 heavy (non-hydrogen) atoms. The number of anilines is 1. The molecule has 0 unspecified atom stereocenters. The van der Waals surface area contributed by atoms with Crippen LogP contribution in [0.4, 0.5) is 5.00 Å². The van der Waals surface area contributed by atoms with Crippen LogP contribution >= 0.6 is 11.5 Å². The van der Waals surface area contributed by atoms with Gasteiger partial charge in [0.25, 0.3) is 0 Å². The van der Waals surface area contributed by atoms with Crippen LogP contribution in [0.25, 0.3) is 6.08 Å². The number of carboxylic acid groups (broad SMARTS) is 1. The number of carbonyl (C=O) groups excluding carboxylic acids is 1. The molecule has 1 aromatic carbocycles. The molecule has 5 nitrogen and oxygen atoms in total. The first-order valence-corrected chi connectivity index (χ1v) is 7.00. The third-order valence-corrected chi connectivity index (χ3v) is 3.77. The Hall–Kier alpha value is -2.47. The van der Waals surface area contributed by atoms with Crippen molar-refractivity contribution in [3.05, 3.63) is 52.7 Å². The lowest BCUT2D eigenvalue weighted by atomic mass is 10.1. The van der Waals surface area contributed by atoms with Crippen LogP contribution in [0.2, 0.25) is 0 Å². The largest absolute Gasteiger partial charge is 0.478 e. The van der Waals surface area contributed by atoms with Crippen LogP contribution < -0.4 is 5.32 Å². The van der Waals surface area contributed by atoms with E-state index >= 15 is 0 Å². The maximum Gasteiger partial charge on any atom is 0.340 e. The van der Waals surface area contributed by atoms with Gasteiger partial charge >= 0.3 is 5.97 Å². The number of nitrogens with zero attached hydrogens (tertiary/aromatic N) is 1. The Balaban J connectivity index is 2.13. The second-order valence-corrected chi connectivity index (χ2v) is 5.23. The molecule has 0 bridgehead atoms. The highest BCUT2D eigenvalue weighted by Gasteiger charge is 2.18. The van der Waals surface area contributed by atoms with E-state index in [2.05, 4.69) is 9.69 Å². The van der Waals surface area contributed by atoms with E-state index in [0.717, 1.165) is 22.7 Å². The Morgan fingerprint density at radius 2 is 2.00 bits per heavy atom. The van der Waals surface area contributed by atoms with E-state index in [0.29, 0.717) is 5.69 Å². The molecule has 0 spiro atoms. The summed E-state index contributed by atoms with van der Waals surface area (Å²) in [7, 11) is 0. The zero-order chi connectivity index (χ0) is 15.4. The van der Waals surface area contributed by atoms with Crippen molar-refractivity contribution in [2.45, 2.75) is 13.8 Å². The number of hydrogen-bond donors (Lipinski definition) is 2. The summed E-state index contributed by atoms with van der Waals surface area (Å²) in [4.78, 5) is 23.0. The average molecular weight is 302 g/mol. The second-order valence-electron chi connectivity index (χ2n) is 4.46. The predicted octanol–water partition coefficient (Wildman–Crippen LogP) is 3.11. The molecular weight excluding hydrogens is 288 g/mol. The third kappa shape index (κ3) is 3.55. The first-order chi connectivity index (χ1) is 9.99. The standard InChI is InChI=1S/C15H14N2O3S/c1-9-5-3-4-6-11(9)7-8-12(18)16-14-13(15(19)20)10(2)17-21-14/h3-8H,1-2H3,(H,16,18)(H,19,20)/b8-7+. The molecular formula is C15H14N2O3S. The zero-order valence-electron chi connectivity index (χ0n) is 11.6. The molecule has 0 aliphatic rings. The average Bonchev–Trinajstić information content (AvgIpc) is 2.79. The highest BCUT2D eigenvalue weighted by molar-refractivity contribution is 7.11. The molecule has 1 heterocycles. The Kier molecular flexibility index (Phi) is 4.49. The minimum Gasteiger partial charge on any atom is -0.478 e. The van der Waals surface area contributed by atoms with Crippen LogP contribution in [0, 0.1) is 13.8 Å². The topological polar surface area (TPSA) is 79.3 Å². The summed E-state index contributed by atoms with van der Waals surface area (Å²) in [6.07, 6.45) is 3.07. The van der Waals surface area contributed by atoms with Crippen molar-refractivity contribution >= 4 is 34.5 Å². The van der Waals surface area contributed by atoms with Crippen LogP contribution in [0.5, 0.6) is 0 Å². The van der Waals surface area contributed by atoms with E-state index < -0.39 is 5.97 Å². The summed E-state index contributed by atoms with van der Waals surface area (Å²) in [6.45, 7) is 3.55. The Bertz CT molecular complexity index is 719. The number of aryl methyl sites for hydroxylation is 2. The molecule has 0 atom stereocenters. The van der Waals surface area contributed by atoms with Crippen molar-refractivity contribution in [3.63, 3.8) is 0 Å². The molecule has 0 aliphatic carbocycles. The van der Waals surface area contributed by atoms with Gasteiger partial charge in [-0.1, -0.05) is 24.3 Å². The second kappa shape index (κ2) is 6.32. The van der Waals surface area contributed by atoms with Gasteiger partial charge in [-0.05, 0) is 42.6 Å². The number of aromatic nitrogens is 1. The summed E-state index contributed by atoms with van der Waals surface area (Å²) < 4.78 is 3.95. The lowest BCUT2D eigenvalue weighted by Crippen LogP contribution is -2.10. The van der Waals surface area contributed by atoms with Gasteiger partial charge in [0, 0.05) is 6.08 Å². The van der Waals surface area contributed by atoms with Crippen molar-refractivity contribution in [2.24, 2.45) is 0 Å². The molecule has 1 aromatic heterocycles. The highest BCUT2D eigenvalue weighted by atomic mass is 32.1. The maximum absolute atomic E-state index is 11.9. The van der Waals surface area contributed by atoms with E-state index in [1.807, 2.05) is 31.2 Å². The highest BCUT2D eigenvalue weighted by Crippen LogP contribution is 2.24. The molecule has 0 aliphatic heterocycles. The van der Waals surface area contributed by atoms with Crippen molar-refractivity contribution in [1.29, 1.82) is 0 Å². The Morgan fingerprint density at radius 1 is 1.29 bits per heavy atom. The van der Waals surface area contributed by atoms with Gasteiger partial charge in [-0.15, -0.1) is 0 Å². The van der Waals surface area contributed by atoms with Crippen molar-refractivity contribution in [2.75, 3.05) is 5.32 Å². The van der Waals surface area contributed by atoms with Crippen molar-refractivity contribution < 1.29 is 14.7 Å². The molecule has 6 heteroatoms. The first-order valence-electron chi connectivity index (χ1n) is 6.23. The minimum absolute atomic E-state index is 0.0395. The van der Waals surface area contributed by atoms with Crippen LogP contribution in [0.1, 0.15) is 27.2 Å². The van der Waals surface area contributed by atoms with Crippen LogP contribution in [0.15, 0.2) is 30.3 Å². The number of rotatable bonds is 4. The molecule has 0 saturated heterocycles. The predicted molar refractivity (Wildman–Crippen MR) is 82.7 cm³/mol. The SMILES string of the molecule is Cc1ccccc1/C=C/C(=O)Nc1snc(C)c1C(=O)O. The maximum atomic E-state index is 11.9. The van der Waals surface area contributed by atoms with E-state index in [-0.39, 0.29) is 16.5 Å². The van der Waals surface area contributed by atoms with E-state index in [1.54, 1.807) is 13.0 Å². The number of benzene rings is 1. The molecule has 1 amide bonds. The van der Waals surface area contributed by atoms with Gasteiger partial charge in [0.15, 0.2) is 0 Å². The van der Waals surface area contributed by atoms with Crippen molar-refractivity contribution in [1.82, 2.24) is 4.37 Å². The molecule has 0 radical (unpaired) electrons. The number of nitrogens with one attached hydrogen (secondary N) is 1. The molecule has 0 fully saturated rings. The molecule has 0 saturated carbocycles. The molecule has 108 valence electrons. The zero-order valence-corrected chi connectivity index (χ0v) is 12.4. The van der Waals surface area contributed by atoms with E-state index in [1.165, 1.54) is 6.08 Å². The lowest BCUT2D eigenvalue weighted by Gasteiger charge is -2.01. The summed E-state index contributed by atoms with van der Waals surface area (Å²) in [5.41, 5.74) is 2.43. The summed E-state index contributed by atoms with van der Waals surface area (Å²) in [5.74, 6) is -1.48. The monoisotopic (exact) mass is 302 g/mol. The number of carboxylic acids is 1. The first kappa shape index (κ1) is 14.9. The fourth-order valence-electron chi connectivity index (χ4n) is 1.80. The van der Waals surface area contributed by atoms with Crippen molar-refractivity contribution in [3.8, 4) is 0 Å². The van der Waals surface area contributed by atoms with Gasteiger partial charge in [0.2, 0.25) is 5.91 Å². The molecule has 2 aromatic rings. The van der Waals surface area contributed by atoms with Crippen LogP contribution in [-0.4, -0.2) is 21.4 Å². The Morgan fingerprint density at radius 3 is 2.67 bits per heavy atom. The van der Waals surface area contributed by atoms with Gasteiger partial charge in [-0.25, -0.2) is 4.79 Å². The quantitative estimate of drug-likeness (QED) is 0.850. The van der Waals surface area contributed by atoms with Gasteiger partial charge in [-0.2, -0.15) is 4.37 Å². The number of aromatic carboxylic acids is 1. The third-order valence-electron chi connectivity index (χ3n) is 2.92. The fourth-order valence-corrected chi connectivity index (χ4v) is 2.59. The van der Waals surface area contributed by atoms with E-state index in [4.69, 9.17) is 5.11 Å². The van der Waals surface area contributed by atoms with Crippen LogP contribution in [-0.2, 0) is 4.79 Å². The summed E-state index contributed by atoms with van der Waals surface area (Å²) in [6, 6.07) is 7.66. The van der Waals surface area contributed by atoms with Gasteiger partial charge in [0.05, 0.1) is 5.69 Å². The number of hydrogen-bond acceptors (Lipinski definition) is 4. The number of carbonyl (C=O) groups is 2. The summed E-state index contributed by atoms with van der Waals surface area (Å²) in [5, 5.41) is 11.9. The minimum atomic E-state index is -1.10. The Labute approximate surface area is 126 Å². The smallest absolute Gasteiger partial charge is 0.340 e. The number of amides is 1. The summed E-state index contributed by atoms with van der Waals surface area (Å²) >= 11 is 0.961. The van der Waals surface area contributed by atoms with Crippen LogP contribution in [0.3, 0.4) is 0 Å².